The lowest BCUT2D eigenvalue weighted by molar-refractivity contribution is -0.143. The molecule has 0 aromatic rings. The highest BCUT2D eigenvalue weighted by Gasteiger charge is 2.40. The van der Waals surface area contributed by atoms with E-state index in [1.54, 1.807) is 0 Å². The average Bonchev–Trinajstić information content (AvgIpc) is 2.74. The molecular weight excluding hydrogens is 244 g/mol. The van der Waals surface area contributed by atoms with E-state index < -0.39 is 33.8 Å². The number of carboxylic acid groups (broad SMARTS) is 1. The molecule has 3 N–H and O–H groups in total. The molecule has 0 saturated carbocycles. The highest BCUT2D eigenvalue weighted by molar-refractivity contribution is 7.89. The minimum Gasteiger partial charge on any atom is -0.481 e. The molecule has 1 rings (SSSR count). The summed E-state index contributed by atoms with van der Waals surface area (Å²) >= 11 is 0. The van der Waals surface area contributed by atoms with Crippen molar-refractivity contribution < 1.29 is 18.3 Å². The number of sulfonamides is 1. The van der Waals surface area contributed by atoms with Gasteiger partial charge in [-0.2, -0.15) is 4.31 Å². The Morgan fingerprint density at radius 3 is 2.71 bits per heavy atom. The number of hydrogen-bond donors (Lipinski definition) is 2. The van der Waals surface area contributed by atoms with Crippen LogP contribution in [0.3, 0.4) is 0 Å². The Morgan fingerprint density at radius 1 is 1.59 bits per heavy atom. The third-order valence-corrected chi connectivity index (χ3v) is 4.79. The lowest BCUT2D eigenvalue weighted by Gasteiger charge is -2.28. The largest absolute Gasteiger partial charge is 0.481 e. The van der Waals surface area contributed by atoms with Gasteiger partial charge in [0.15, 0.2) is 0 Å². The molecule has 0 aromatic heterocycles. The van der Waals surface area contributed by atoms with Gasteiger partial charge in [-0.3, -0.25) is 4.79 Å². The summed E-state index contributed by atoms with van der Waals surface area (Å²) in [7, 11) is -3.50. The minimum atomic E-state index is -3.50. The van der Waals surface area contributed by atoms with Crippen molar-refractivity contribution in [1.29, 1.82) is 0 Å². The molecule has 1 saturated heterocycles. The van der Waals surface area contributed by atoms with Gasteiger partial charge in [-0.15, -0.1) is 0 Å². The predicted octanol–water partition coefficient (Wildman–Crippen LogP) is 0.198. The molecule has 0 aromatic carbocycles. The summed E-state index contributed by atoms with van der Waals surface area (Å²) in [6.07, 6.45) is 2.54. The summed E-state index contributed by atoms with van der Waals surface area (Å²) < 4.78 is 24.8. The molecule has 6 nitrogen and oxygen atoms in total. The fourth-order valence-corrected chi connectivity index (χ4v) is 3.66. The zero-order valence-corrected chi connectivity index (χ0v) is 10.8. The first kappa shape index (κ1) is 14.4. The van der Waals surface area contributed by atoms with Gasteiger partial charge >= 0.3 is 5.97 Å². The van der Waals surface area contributed by atoms with Gasteiger partial charge in [0.1, 0.15) is 5.88 Å². The number of hydrogen-bond acceptors (Lipinski definition) is 4. The van der Waals surface area contributed by atoms with Crippen LogP contribution in [0, 0.1) is 5.92 Å². The second-order valence-corrected chi connectivity index (χ2v) is 6.30. The molecule has 1 aliphatic rings. The molecule has 1 heterocycles. The van der Waals surface area contributed by atoms with Gasteiger partial charge in [-0.1, -0.05) is 13.3 Å². The van der Waals surface area contributed by atoms with Gasteiger partial charge in [0.2, 0.25) is 10.0 Å². The summed E-state index contributed by atoms with van der Waals surface area (Å²) in [5.74, 6) is -2.00. The van der Waals surface area contributed by atoms with E-state index in [9.17, 15) is 13.2 Å². The maximum atomic E-state index is 11.8. The molecule has 17 heavy (non-hydrogen) atoms. The number of rotatable bonds is 6. The number of carbonyl (C=O) groups is 1. The van der Waals surface area contributed by atoms with Crippen molar-refractivity contribution in [2.45, 2.75) is 38.6 Å². The monoisotopic (exact) mass is 264 g/mol. The molecule has 0 spiro atoms. The normalized spacial score (nSPS) is 23.8. The summed E-state index contributed by atoms with van der Waals surface area (Å²) in [6.45, 7) is 2.28. The summed E-state index contributed by atoms with van der Waals surface area (Å²) in [6, 6.07) is -0.430. The molecule has 2 unspecified atom stereocenters. The topological polar surface area (TPSA) is 101 Å². The van der Waals surface area contributed by atoms with Crippen LogP contribution in [0.25, 0.3) is 0 Å². The highest BCUT2D eigenvalue weighted by Crippen LogP contribution is 2.29. The van der Waals surface area contributed by atoms with Gasteiger partial charge in [-0.05, 0) is 19.3 Å². The van der Waals surface area contributed by atoms with Crippen LogP contribution in [0.5, 0.6) is 0 Å². The third-order valence-electron chi connectivity index (χ3n) is 3.20. The standard InChI is InChI=1S/C10H20N2O4S/c1-2-4-8(10(13)14)9-5-3-6-12(9)17(15,16)7-11/h8-9H,2-7,11H2,1H3,(H,13,14). The lowest BCUT2D eigenvalue weighted by atomic mass is 9.94. The van der Waals surface area contributed by atoms with Crippen molar-refractivity contribution in [1.82, 2.24) is 4.31 Å². The van der Waals surface area contributed by atoms with E-state index in [4.69, 9.17) is 10.8 Å². The maximum Gasteiger partial charge on any atom is 0.308 e. The van der Waals surface area contributed by atoms with Gasteiger partial charge in [-0.25, -0.2) is 8.42 Å². The van der Waals surface area contributed by atoms with E-state index in [-0.39, 0.29) is 0 Å². The summed E-state index contributed by atoms with van der Waals surface area (Å²) in [5, 5.41) is 9.17. The van der Waals surface area contributed by atoms with Crippen LogP contribution in [0.15, 0.2) is 0 Å². The molecule has 7 heteroatoms. The van der Waals surface area contributed by atoms with Gasteiger partial charge in [0, 0.05) is 12.6 Å². The summed E-state index contributed by atoms with van der Waals surface area (Å²) in [4.78, 5) is 11.2. The molecule has 0 bridgehead atoms. The minimum absolute atomic E-state index is 0.387. The Labute approximate surface area is 102 Å². The van der Waals surface area contributed by atoms with Crippen LogP contribution in [-0.2, 0) is 14.8 Å². The fraction of sp³-hybridized carbons (Fsp3) is 0.900. The molecular formula is C10H20N2O4S. The van der Waals surface area contributed by atoms with E-state index in [1.807, 2.05) is 6.92 Å². The quantitative estimate of drug-likeness (QED) is 0.713. The van der Waals surface area contributed by atoms with Crippen molar-refractivity contribution in [3.8, 4) is 0 Å². The van der Waals surface area contributed by atoms with E-state index >= 15 is 0 Å². The van der Waals surface area contributed by atoms with E-state index in [1.165, 1.54) is 4.31 Å². The van der Waals surface area contributed by atoms with E-state index in [0.717, 1.165) is 6.42 Å². The Kier molecular flexibility index (Phi) is 4.91. The van der Waals surface area contributed by atoms with Gasteiger partial charge in [0.25, 0.3) is 0 Å². The lowest BCUT2D eigenvalue weighted by Crippen LogP contribution is -2.44. The third kappa shape index (κ3) is 3.17. The first-order valence-electron chi connectivity index (χ1n) is 5.86. The second-order valence-electron chi connectivity index (χ2n) is 4.33. The molecule has 100 valence electrons. The number of nitrogens with zero attached hydrogens (tertiary/aromatic N) is 1. The smallest absolute Gasteiger partial charge is 0.308 e. The molecule has 0 aliphatic carbocycles. The van der Waals surface area contributed by atoms with Crippen molar-refractivity contribution in [3.05, 3.63) is 0 Å². The van der Waals surface area contributed by atoms with Crippen molar-refractivity contribution in [2.24, 2.45) is 11.7 Å². The Bertz CT molecular complexity index is 369. The number of nitrogens with two attached hydrogens (primary N) is 1. The number of carboxylic acids is 1. The second kappa shape index (κ2) is 5.79. The number of aliphatic carboxylic acids is 1. The van der Waals surface area contributed by atoms with Crippen LogP contribution in [0.1, 0.15) is 32.6 Å². The average molecular weight is 264 g/mol. The van der Waals surface area contributed by atoms with Gasteiger partial charge < -0.3 is 10.8 Å². The first-order chi connectivity index (χ1) is 7.94. The molecule has 2 atom stereocenters. The predicted molar refractivity (Wildman–Crippen MR) is 63.7 cm³/mol. The van der Waals surface area contributed by atoms with Crippen molar-refractivity contribution in [2.75, 3.05) is 12.4 Å². The Hall–Kier alpha value is -0.660. The van der Waals surface area contributed by atoms with Crippen molar-refractivity contribution in [3.63, 3.8) is 0 Å². The van der Waals surface area contributed by atoms with Crippen molar-refractivity contribution >= 4 is 16.0 Å². The zero-order chi connectivity index (χ0) is 13.1. The molecule has 1 fully saturated rings. The fourth-order valence-electron chi connectivity index (χ4n) is 2.40. The van der Waals surface area contributed by atoms with Crippen LogP contribution in [0.2, 0.25) is 0 Å². The maximum absolute atomic E-state index is 11.8. The van der Waals surface area contributed by atoms with E-state index in [2.05, 4.69) is 0 Å². The van der Waals surface area contributed by atoms with Crippen LogP contribution in [-0.4, -0.2) is 42.3 Å². The summed E-state index contributed by atoms with van der Waals surface area (Å²) in [5.41, 5.74) is 5.22. The molecule has 1 aliphatic heterocycles. The van der Waals surface area contributed by atoms with Crippen LogP contribution >= 0.6 is 0 Å². The first-order valence-corrected chi connectivity index (χ1v) is 7.47. The Balaban J connectivity index is 2.91. The molecule has 0 amide bonds. The SMILES string of the molecule is CCCC(C(=O)O)C1CCCN1S(=O)(=O)CN. The van der Waals surface area contributed by atoms with Gasteiger partial charge in [0.05, 0.1) is 5.92 Å². The molecule has 0 radical (unpaired) electrons. The highest BCUT2D eigenvalue weighted by atomic mass is 32.2. The Morgan fingerprint density at radius 2 is 2.24 bits per heavy atom. The zero-order valence-electron chi connectivity index (χ0n) is 10.0. The van der Waals surface area contributed by atoms with Crippen LogP contribution < -0.4 is 5.73 Å². The van der Waals surface area contributed by atoms with Crippen LogP contribution in [0.4, 0.5) is 0 Å². The van der Waals surface area contributed by atoms with E-state index in [0.29, 0.717) is 25.8 Å².